The number of hydrogen-bond donors (Lipinski definition) is 0. The van der Waals surface area contributed by atoms with E-state index in [9.17, 15) is 0 Å². The number of morpholine rings is 1. The highest BCUT2D eigenvalue weighted by Gasteiger charge is 2.15. The van der Waals surface area contributed by atoms with Gasteiger partial charge >= 0.3 is 0 Å². The minimum atomic E-state index is -0.500. The molecule has 0 bridgehead atoms. The number of anilines is 1. The number of nitro groups is 1. The molecule has 0 aliphatic carbocycles. The van der Waals surface area contributed by atoms with E-state index in [0.717, 1.165) is 48.5 Å². The maximum Gasteiger partial charge on any atom is 0.194 e. The number of ether oxygens (including phenoxy) is 1. The van der Waals surface area contributed by atoms with Crippen LogP contribution >= 0.6 is 27.3 Å². The normalized spacial score (nSPS) is 14.8. The molecule has 0 spiro atoms. The molecule has 0 N–H and O–H groups in total. The number of thiazole rings is 1. The molecule has 1 aliphatic heterocycles. The Balaban J connectivity index is 0.000000328. The zero-order valence-corrected chi connectivity index (χ0v) is 13.3. The quantitative estimate of drug-likeness (QED) is 0.578. The lowest BCUT2D eigenvalue weighted by Gasteiger charge is -2.25. The van der Waals surface area contributed by atoms with E-state index < -0.39 is 4.92 Å². The van der Waals surface area contributed by atoms with Gasteiger partial charge in [-0.15, -0.1) is 0 Å². The van der Waals surface area contributed by atoms with Crippen molar-refractivity contribution in [1.29, 1.82) is 0 Å². The van der Waals surface area contributed by atoms with Crippen molar-refractivity contribution < 1.29 is 9.66 Å². The van der Waals surface area contributed by atoms with Gasteiger partial charge in [-0.3, -0.25) is 10.1 Å². The van der Waals surface area contributed by atoms with Crippen LogP contribution in [0.5, 0.6) is 0 Å². The molecule has 1 aliphatic rings. The first-order valence-corrected chi connectivity index (χ1v) is 7.64. The molecule has 0 amide bonds. The van der Waals surface area contributed by atoms with Gasteiger partial charge in [-0.05, 0) is 18.2 Å². The van der Waals surface area contributed by atoms with E-state index in [0.29, 0.717) is 0 Å². The van der Waals surface area contributed by atoms with Gasteiger partial charge in [-0.2, -0.15) is 0 Å². The standard InChI is InChI=1S/C11H11BrN2OS.CH3NO2/c12-8-1-2-10-9(7-8)13-11(16-10)14-3-5-15-6-4-14;1-2(3)4/h1-2,7H,3-6H2;1H3. The largest absolute Gasteiger partial charge is 0.378 e. The summed E-state index contributed by atoms with van der Waals surface area (Å²) in [5.74, 6) is 0. The Morgan fingerprint density at radius 3 is 2.75 bits per heavy atom. The second-order valence-electron chi connectivity index (χ2n) is 4.15. The van der Waals surface area contributed by atoms with Crippen LogP contribution in [-0.4, -0.2) is 43.3 Å². The fraction of sp³-hybridized carbons (Fsp3) is 0.417. The van der Waals surface area contributed by atoms with Crippen LogP contribution in [0.1, 0.15) is 0 Å². The summed E-state index contributed by atoms with van der Waals surface area (Å²) in [5, 5.41) is 9.91. The molecule has 0 radical (unpaired) electrons. The Kier molecular flexibility index (Phi) is 5.27. The molecule has 0 atom stereocenters. The molecule has 1 aromatic carbocycles. The fourth-order valence-corrected chi connectivity index (χ4v) is 3.12. The first-order chi connectivity index (χ1) is 9.56. The van der Waals surface area contributed by atoms with Crippen LogP contribution in [0.3, 0.4) is 0 Å². The van der Waals surface area contributed by atoms with Crippen molar-refractivity contribution in [3.8, 4) is 0 Å². The highest BCUT2D eigenvalue weighted by atomic mass is 79.9. The van der Waals surface area contributed by atoms with E-state index in [1.54, 1.807) is 11.3 Å². The zero-order valence-electron chi connectivity index (χ0n) is 10.9. The van der Waals surface area contributed by atoms with Crippen molar-refractivity contribution in [1.82, 2.24) is 4.98 Å². The van der Waals surface area contributed by atoms with Gasteiger partial charge < -0.3 is 9.64 Å². The maximum absolute atomic E-state index is 8.81. The van der Waals surface area contributed by atoms with Gasteiger partial charge in [0.15, 0.2) is 12.2 Å². The summed E-state index contributed by atoms with van der Waals surface area (Å²) in [6.07, 6.45) is 0. The van der Waals surface area contributed by atoms with Crippen molar-refractivity contribution in [3.63, 3.8) is 0 Å². The Hall–Kier alpha value is -1.25. The molecule has 8 heteroatoms. The lowest BCUT2D eigenvalue weighted by atomic mass is 10.3. The number of fused-ring (bicyclic) bond motifs is 1. The summed E-state index contributed by atoms with van der Waals surface area (Å²) in [6, 6.07) is 6.24. The van der Waals surface area contributed by atoms with Gasteiger partial charge in [0.05, 0.1) is 23.4 Å². The third-order valence-electron chi connectivity index (χ3n) is 2.62. The van der Waals surface area contributed by atoms with Gasteiger partial charge in [0.1, 0.15) is 0 Å². The Labute approximate surface area is 128 Å². The molecule has 1 saturated heterocycles. The molecule has 6 nitrogen and oxygen atoms in total. The molecule has 20 heavy (non-hydrogen) atoms. The number of aromatic nitrogens is 1. The van der Waals surface area contributed by atoms with E-state index in [-0.39, 0.29) is 0 Å². The third kappa shape index (κ3) is 4.12. The predicted molar refractivity (Wildman–Crippen MR) is 83.3 cm³/mol. The fourth-order valence-electron chi connectivity index (χ4n) is 1.78. The molecule has 2 aromatic rings. The summed E-state index contributed by atoms with van der Waals surface area (Å²) in [4.78, 5) is 15.3. The zero-order chi connectivity index (χ0) is 14.5. The molecule has 3 rings (SSSR count). The smallest absolute Gasteiger partial charge is 0.194 e. The summed E-state index contributed by atoms with van der Waals surface area (Å²) in [5.41, 5.74) is 1.07. The minimum Gasteiger partial charge on any atom is -0.378 e. The van der Waals surface area contributed by atoms with Crippen LogP contribution in [0.2, 0.25) is 0 Å². The molecule has 108 valence electrons. The average Bonchev–Trinajstić information content (AvgIpc) is 2.82. The van der Waals surface area contributed by atoms with Gasteiger partial charge in [0.25, 0.3) is 0 Å². The number of halogens is 1. The number of nitrogens with zero attached hydrogens (tertiary/aromatic N) is 3. The topological polar surface area (TPSA) is 68.5 Å². The summed E-state index contributed by atoms with van der Waals surface area (Å²) >= 11 is 5.22. The van der Waals surface area contributed by atoms with Gasteiger partial charge in [0, 0.05) is 22.5 Å². The van der Waals surface area contributed by atoms with Gasteiger partial charge in [-0.25, -0.2) is 4.98 Å². The van der Waals surface area contributed by atoms with E-state index >= 15 is 0 Å². The average molecular weight is 360 g/mol. The second kappa shape index (κ2) is 6.96. The van der Waals surface area contributed by atoms with Crippen LogP contribution in [0.4, 0.5) is 5.13 Å². The van der Waals surface area contributed by atoms with Crippen LogP contribution in [0.15, 0.2) is 22.7 Å². The van der Waals surface area contributed by atoms with Crippen molar-refractivity contribution in [2.24, 2.45) is 0 Å². The van der Waals surface area contributed by atoms with Crippen molar-refractivity contribution >= 4 is 42.6 Å². The molecule has 0 unspecified atom stereocenters. The first-order valence-electron chi connectivity index (χ1n) is 6.03. The van der Waals surface area contributed by atoms with Gasteiger partial charge in [0.2, 0.25) is 0 Å². The van der Waals surface area contributed by atoms with Crippen LogP contribution in [-0.2, 0) is 4.74 Å². The van der Waals surface area contributed by atoms with E-state index in [4.69, 9.17) is 14.9 Å². The van der Waals surface area contributed by atoms with E-state index in [1.165, 1.54) is 4.70 Å². The number of rotatable bonds is 1. The predicted octanol–water partition coefficient (Wildman–Crippen LogP) is 2.79. The van der Waals surface area contributed by atoms with Gasteiger partial charge in [-0.1, -0.05) is 27.3 Å². The highest BCUT2D eigenvalue weighted by Crippen LogP contribution is 2.30. The highest BCUT2D eigenvalue weighted by molar-refractivity contribution is 9.10. The Morgan fingerprint density at radius 2 is 2.10 bits per heavy atom. The first kappa shape index (κ1) is 15.1. The second-order valence-corrected chi connectivity index (χ2v) is 6.07. The van der Waals surface area contributed by atoms with Crippen molar-refractivity contribution in [3.05, 3.63) is 32.8 Å². The summed E-state index contributed by atoms with van der Waals surface area (Å²) < 4.78 is 7.66. The molecular weight excluding hydrogens is 346 g/mol. The summed E-state index contributed by atoms with van der Waals surface area (Å²) in [6.45, 7) is 3.50. The molecule has 1 fully saturated rings. The third-order valence-corrected chi connectivity index (χ3v) is 4.21. The van der Waals surface area contributed by atoms with E-state index in [2.05, 4.69) is 44.0 Å². The SMILES string of the molecule is Brc1ccc2sc(N3CCOCC3)nc2c1.C[N+](=O)[O-]. The van der Waals surface area contributed by atoms with Crippen LogP contribution < -0.4 is 4.90 Å². The van der Waals surface area contributed by atoms with Crippen molar-refractivity contribution in [2.45, 2.75) is 0 Å². The molecule has 2 heterocycles. The summed E-state index contributed by atoms with van der Waals surface area (Å²) in [7, 11) is 0.889. The monoisotopic (exact) mass is 359 g/mol. The van der Waals surface area contributed by atoms with E-state index in [1.807, 2.05) is 0 Å². The lowest BCUT2D eigenvalue weighted by Crippen LogP contribution is -2.36. The Bertz CT molecular complexity index is 595. The molecule has 0 saturated carbocycles. The number of hydrogen-bond acceptors (Lipinski definition) is 6. The lowest BCUT2D eigenvalue weighted by molar-refractivity contribution is -0.445. The molecular formula is C12H14BrN3O3S. The Morgan fingerprint density at radius 1 is 1.45 bits per heavy atom. The number of benzene rings is 1. The molecule has 1 aromatic heterocycles. The maximum atomic E-state index is 8.81. The van der Waals surface area contributed by atoms with Crippen LogP contribution in [0.25, 0.3) is 10.2 Å². The van der Waals surface area contributed by atoms with Crippen LogP contribution in [0, 0.1) is 10.1 Å². The minimum absolute atomic E-state index is 0.500. The van der Waals surface area contributed by atoms with Crippen molar-refractivity contribution in [2.75, 3.05) is 38.3 Å².